The molecule has 3 aromatic rings. The second kappa shape index (κ2) is 8.43. The van der Waals surface area contributed by atoms with Crippen LogP contribution in [0.4, 0.5) is 0 Å². The fraction of sp³-hybridized carbons (Fsp3) is 0.0476. The molecular weight excluding hydrogens is 348 g/mol. The molecule has 5 heteroatoms. The van der Waals surface area contributed by atoms with E-state index in [1.54, 1.807) is 24.3 Å². The Labute approximate surface area is 156 Å². The van der Waals surface area contributed by atoms with Gasteiger partial charge >= 0.3 is 0 Å². The van der Waals surface area contributed by atoms with E-state index in [1.807, 2.05) is 60.7 Å². The zero-order valence-corrected chi connectivity index (χ0v) is 14.6. The average Bonchev–Trinajstić information content (AvgIpc) is 2.69. The van der Waals surface area contributed by atoms with Crippen LogP contribution in [0.2, 0.25) is 5.02 Å². The second-order valence-electron chi connectivity index (χ2n) is 5.63. The maximum Gasteiger partial charge on any atom is 0.271 e. The van der Waals surface area contributed by atoms with Crippen LogP contribution in [0.3, 0.4) is 0 Å². The lowest BCUT2D eigenvalue weighted by molar-refractivity contribution is 0.0954. The van der Waals surface area contributed by atoms with Gasteiger partial charge in [-0.3, -0.25) is 4.79 Å². The minimum Gasteiger partial charge on any atom is -0.382 e. The maximum atomic E-state index is 12.3. The summed E-state index contributed by atoms with van der Waals surface area (Å²) in [5.41, 5.74) is 4.66. The number of carbonyl (C=O) groups is 1. The molecule has 0 radical (unpaired) electrons. The van der Waals surface area contributed by atoms with Gasteiger partial charge in [0.15, 0.2) is 0 Å². The molecule has 3 aromatic carbocycles. The van der Waals surface area contributed by atoms with Gasteiger partial charge in [-0.05, 0) is 23.8 Å². The minimum absolute atomic E-state index is 0.354. The van der Waals surface area contributed by atoms with Crippen molar-refractivity contribution in [2.45, 2.75) is 6.10 Å². The quantitative estimate of drug-likeness (QED) is 0.526. The van der Waals surface area contributed by atoms with Crippen LogP contribution >= 0.6 is 11.6 Å². The standard InChI is InChI=1S/C21H17ClN2O2/c22-18-13-7-12-17(14-18)21(26)24-23-19(15-8-3-1-4-9-15)20(25)16-10-5-2-6-11-16/h1-14,20,25H,(H,24,26)/b23-19+. The molecule has 0 fully saturated rings. The number of rotatable bonds is 5. The Hall–Kier alpha value is -2.95. The van der Waals surface area contributed by atoms with Gasteiger partial charge < -0.3 is 5.11 Å². The molecule has 0 aromatic heterocycles. The highest BCUT2D eigenvalue weighted by atomic mass is 35.5. The molecule has 0 bridgehead atoms. The van der Waals surface area contributed by atoms with Crippen molar-refractivity contribution in [1.29, 1.82) is 0 Å². The molecule has 0 aliphatic rings. The average molecular weight is 365 g/mol. The van der Waals surface area contributed by atoms with E-state index < -0.39 is 12.0 Å². The van der Waals surface area contributed by atoms with Crippen LogP contribution in [0, 0.1) is 0 Å². The monoisotopic (exact) mass is 364 g/mol. The third-order valence-electron chi connectivity index (χ3n) is 3.81. The van der Waals surface area contributed by atoms with Crippen LogP contribution < -0.4 is 5.43 Å². The summed E-state index contributed by atoms with van der Waals surface area (Å²) in [5, 5.41) is 15.4. The normalized spacial score (nSPS) is 12.5. The number of nitrogens with one attached hydrogen (secondary N) is 1. The highest BCUT2D eigenvalue weighted by molar-refractivity contribution is 6.31. The van der Waals surface area contributed by atoms with Crippen molar-refractivity contribution in [3.05, 3.63) is 107 Å². The zero-order chi connectivity index (χ0) is 18.4. The van der Waals surface area contributed by atoms with Crippen molar-refractivity contribution in [3.63, 3.8) is 0 Å². The molecule has 0 saturated carbocycles. The lowest BCUT2D eigenvalue weighted by Gasteiger charge is -2.15. The Bertz CT molecular complexity index is 912. The van der Waals surface area contributed by atoms with Crippen molar-refractivity contribution in [3.8, 4) is 0 Å². The van der Waals surface area contributed by atoms with Gasteiger partial charge in [0.1, 0.15) is 11.8 Å². The molecular formula is C21H17ClN2O2. The van der Waals surface area contributed by atoms with E-state index in [2.05, 4.69) is 10.5 Å². The first-order chi connectivity index (χ1) is 12.6. The number of aliphatic hydroxyl groups excluding tert-OH is 1. The van der Waals surface area contributed by atoms with E-state index in [4.69, 9.17) is 11.6 Å². The Morgan fingerprint density at radius 2 is 1.50 bits per heavy atom. The lowest BCUT2D eigenvalue weighted by atomic mass is 9.99. The summed E-state index contributed by atoms with van der Waals surface area (Å²) < 4.78 is 0. The van der Waals surface area contributed by atoms with Crippen molar-refractivity contribution in [1.82, 2.24) is 5.43 Å². The zero-order valence-electron chi connectivity index (χ0n) is 13.8. The first-order valence-electron chi connectivity index (χ1n) is 8.07. The molecule has 1 atom stereocenters. The van der Waals surface area contributed by atoms with Crippen molar-refractivity contribution in [2.24, 2.45) is 5.10 Å². The van der Waals surface area contributed by atoms with Crippen molar-refractivity contribution < 1.29 is 9.90 Å². The van der Waals surface area contributed by atoms with Crippen molar-refractivity contribution >= 4 is 23.2 Å². The summed E-state index contributed by atoms with van der Waals surface area (Å²) in [7, 11) is 0. The predicted molar refractivity (Wildman–Crippen MR) is 103 cm³/mol. The Balaban J connectivity index is 1.90. The van der Waals surface area contributed by atoms with Gasteiger partial charge in [-0.15, -0.1) is 0 Å². The number of benzene rings is 3. The lowest BCUT2D eigenvalue weighted by Crippen LogP contribution is -2.23. The molecule has 26 heavy (non-hydrogen) atoms. The molecule has 0 aliphatic carbocycles. The number of halogens is 1. The molecule has 0 heterocycles. The van der Waals surface area contributed by atoms with Crippen molar-refractivity contribution in [2.75, 3.05) is 0 Å². The summed E-state index contributed by atoms with van der Waals surface area (Å²) in [5.74, 6) is -0.402. The van der Waals surface area contributed by atoms with Gasteiger partial charge in [0.2, 0.25) is 0 Å². The van der Waals surface area contributed by atoms with Gasteiger partial charge in [-0.25, -0.2) is 5.43 Å². The summed E-state index contributed by atoms with van der Waals surface area (Å²) in [6, 6.07) is 25.0. The van der Waals surface area contributed by atoms with E-state index >= 15 is 0 Å². The van der Waals surface area contributed by atoms with Crippen LogP contribution in [0.25, 0.3) is 0 Å². The fourth-order valence-electron chi connectivity index (χ4n) is 2.49. The molecule has 2 N–H and O–H groups in total. The van der Waals surface area contributed by atoms with E-state index in [1.165, 1.54) is 0 Å². The molecule has 3 rings (SSSR count). The fourth-order valence-corrected chi connectivity index (χ4v) is 2.68. The number of nitrogens with zero attached hydrogens (tertiary/aromatic N) is 1. The van der Waals surface area contributed by atoms with E-state index in [-0.39, 0.29) is 0 Å². The summed E-state index contributed by atoms with van der Waals surface area (Å²) in [6.07, 6.45) is -0.974. The summed E-state index contributed by atoms with van der Waals surface area (Å²) in [6.45, 7) is 0. The Kier molecular flexibility index (Phi) is 5.79. The largest absolute Gasteiger partial charge is 0.382 e. The van der Waals surface area contributed by atoms with E-state index in [0.717, 1.165) is 5.56 Å². The maximum absolute atomic E-state index is 12.3. The Morgan fingerprint density at radius 3 is 2.15 bits per heavy atom. The van der Waals surface area contributed by atoms with Crippen LogP contribution in [-0.2, 0) is 0 Å². The second-order valence-corrected chi connectivity index (χ2v) is 6.06. The predicted octanol–water partition coefficient (Wildman–Crippen LogP) is 4.21. The van der Waals surface area contributed by atoms with Gasteiger partial charge in [-0.2, -0.15) is 5.10 Å². The van der Waals surface area contributed by atoms with Gasteiger partial charge in [-0.1, -0.05) is 78.3 Å². The molecule has 4 nitrogen and oxygen atoms in total. The first-order valence-corrected chi connectivity index (χ1v) is 8.45. The number of carbonyl (C=O) groups excluding carboxylic acids is 1. The van der Waals surface area contributed by atoms with Crippen LogP contribution in [0.5, 0.6) is 0 Å². The molecule has 130 valence electrons. The van der Waals surface area contributed by atoms with Gasteiger partial charge in [0, 0.05) is 16.1 Å². The SMILES string of the molecule is O=C(N/N=C(\c1ccccc1)C(O)c1ccccc1)c1cccc(Cl)c1. The Morgan fingerprint density at radius 1 is 0.885 bits per heavy atom. The molecule has 0 saturated heterocycles. The smallest absolute Gasteiger partial charge is 0.271 e. The van der Waals surface area contributed by atoms with Crippen LogP contribution in [0.15, 0.2) is 90.0 Å². The minimum atomic E-state index is -0.974. The van der Waals surface area contributed by atoms with E-state index in [0.29, 0.717) is 21.9 Å². The number of aliphatic hydroxyl groups is 1. The van der Waals surface area contributed by atoms with Crippen LogP contribution in [-0.4, -0.2) is 16.7 Å². The summed E-state index contributed by atoms with van der Waals surface area (Å²) >= 11 is 5.92. The number of hydrogen-bond donors (Lipinski definition) is 2. The summed E-state index contributed by atoms with van der Waals surface area (Å²) in [4.78, 5) is 12.3. The van der Waals surface area contributed by atoms with E-state index in [9.17, 15) is 9.90 Å². The van der Waals surface area contributed by atoms with Gasteiger partial charge in [0.25, 0.3) is 5.91 Å². The third kappa shape index (κ3) is 4.36. The highest BCUT2D eigenvalue weighted by Crippen LogP contribution is 2.19. The number of amides is 1. The molecule has 1 amide bonds. The number of hydrogen-bond acceptors (Lipinski definition) is 3. The molecule has 0 spiro atoms. The van der Waals surface area contributed by atoms with Crippen LogP contribution in [0.1, 0.15) is 27.6 Å². The molecule has 0 aliphatic heterocycles. The van der Waals surface area contributed by atoms with Gasteiger partial charge in [0.05, 0.1) is 0 Å². The molecule has 1 unspecified atom stereocenters. The first kappa shape index (κ1) is 17.9. The number of hydrazone groups is 1. The topological polar surface area (TPSA) is 61.7 Å². The third-order valence-corrected chi connectivity index (χ3v) is 4.04. The highest BCUT2D eigenvalue weighted by Gasteiger charge is 2.18.